The van der Waals surface area contributed by atoms with E-state index in [2.05, 4.69) is 0 Å². The molecule has 0 aliphatic heterocycles. The van der Waals surface area contributed by atoms with E-state index >= 15 is 0 Å². The second-order valence-electron chi connectivity index (χ2n) is 6.55. The zero-order chi connectivity index (χ0) is 19.8. The summed E-state index contributed by atoms with van der Waals surface area (Å²) in [6.07, 6.45) is 0. The summed E-state index contributed by atoms with van der Waals surface area (Å²) < 4.78 is 22.4. The van der Waals surface area contributed by atoms with Crippen molar-refractivity contribution < 1.29 is 31.8 Å². The number of rotatable bonds is 12. The Labute approximate surface area is 153 Å². The molecule has 0 aromatic carbocycles. The third-order valence-electron chi connectivity index (χ3n) is 3.45. The molecule has 25 heavy (non-hydrogen) atoms. The third-order valence-corrected chi connectivity index (χ3v) is 14.5. The fourth-order valence-electron chi connectivity index (χ4n) is 2.05. The van der Waals surface area contributed by atoms with Crippen molar-refractivity contribution in [3.63, 3.8) is 0 Å². The standard InChI is InChI=1S/C14H28O7Si4/c1-18-25(19-2,20-3)11-9-23(6,7)21-22(4,5)8-10-24(12-15,13-16)14-17/h8-14H,1-7H3/b10-8+,11-9+. The number of hydrogen-bond donors (Lipinski definition) is 0. The lowest BCUT2D eigenvalue weighted by atomic mass is 11.2. The second-order valence-corrected chi connectivity index (χ2v) is 20.2. The van der Waals surface area contributed by atoms with Crippen molar-refractivity contribution in [2.75, 3.05) is 21.3 Å². The van der Waals surface area contributed by atoms with Crippen LogP contribution in [0, 0.1) is 0 Å². The molecule has 0 atom stereocenters. The van der Waals surface area contributed by atoms with E-state index in [1.807, 2.05) is 31.9 Å². The van der Waals surface area contributed by atoms with E-state index < -0.39 is 33.5 Å². The van der Waals surface area contributed by atoms with Gasteiger partial charge in [-0.1, -0.05) is 17.1 Å². The second kappa shape index (κ2) is 9.77. The van der Waals surface area contributed by atoms with Crippen LogP contribution in [0.4, 0.5) is 0 Å². The molecule has 0 bridgehead atoms. The van der Waals surface area contributed by atoms with Crippen LogP contribution in [-0.4, -0.2) is 72.6 Å². The average Bonchev–Trinajstić information content (AvgIpc) is 2.57. The molecule has 0 rings (SSSR count). The van der Waals surface area contributed by atoms with Crippen molar-refractivity contribution in [3.05, 3.63) is 22.8 Å². The van der Waals surface area contributed by atoms with Gasteiger partial charge in [-0.05, 0) is 31.9 Å². The Morgan fingerprint density at radius 2 is 0.960 bits per heavy atom. The lowest BCUT2D eigenvalue weighted by Crippen LogP contribution is -2.46. The molecule has 0 aliphatic rings. The van der Waals surface area contributed by atoms with Crippen LogP contribution in [0.1, 0.15) is 0 Å². The summed E-state index contributed by atoms with van der Waals surface area (Å²) in [5.74, 6) is 1.39. The van der Waals surface area contributed by atoms with Gasteiger partial charge in [-0.25, -0.2) is 0 Å². The highest BCUT2D eigenvalue weighted by atomic mass is 28.4. The van der Waals surface area contributed by atoms with Gasteiger partial charge in [0.25, 0.3) is 8.07 Å². The van der Waals surface area contributed by atoms with Crippen LogP contribution in [0.25, 0.3) is 0 Å². The zero-order valence-corrected chi connectivity index (χ0v) is 19.9. The molecule has 0 heterocycles. The minimum absolute atomic E-state index is 0.464. The summed E-state index contributed by atoms with van der Waals surface area (Å²) in [5, 5.41) is 0. The topological polar surface area (TPSA) is 88.1 Å². The lowest BCUT2D eigenvalue weighted by molar-refractivity contribution is 0.138. The molecule has 142 valence electrons. The van der Waals surface area contributed by atoms with Crippen molar-refractivity contribution >= 4 is 51.2 Å². The number of hydrogen-bond acceptors (Lipinski definition) is 7. The van der Waals surface area contributed by atoms with E-state index in [1.54, 1.807) is 11.4 Å². The molecule has 0 radical (unpaired) electrons. The smallest absolute Gasteiger partial charge is 0.449 e. The van der Waals surface area contributed by atoms with Crippen LogP contribution in [0.3, 0.4) is 0 Å². The molecule has 7 nitrogen and oxygen atoms in total. The summed E-state index contributed by atoms with van der Waals surface area (Å²) in [6.45, 7) is 7.91. The Kier molecular flexibility index (Phi) is 9.46. The SMILES string of the molecule is CO[Si](/C=C/[Si](C)(C)O[Si](C)(C)/C=C/[Si](C=O)(C=O)C=O)(OC)OC. The van der Waals surface area contributed by atoms with Gasteiger partial charge in [0.05, 0.1) is 0 Å². The molecule has 0 saturated carbocycles. The fraction of sp³-hybridized carbons (Fsp3) is 0.500. The van der Waals surface area contributed by atoms with Crippen LogP contribution in [0.15, 0.2) is 22.8 Å². The Bertz CT molecular complexity index is 497. The first kappa shape index (κ1) is 24.2. The maximum absolute atomic E-state index is 11.1. The largest absolute Gasteiger partial charge is 0.528 e. The van der Waals surface area contributed by atoms with Crippen molar-refractivity contribution in [1.29, 1.82) is 0 Å². The van der Waals surface area contributed by atoms with Gasteiger partial charge < -0.3 is 31.8 Å². The fourth-order valence-corrected chi connectivity index (χ4v) is 14.5. The summed E-state index contributed by atoms with van der Waals surface area (Å²) in [4.78, 5) is 33.3. The van der Waals surface area contributed by atoms with Crippen LogP contribution >= 0.6 is 0 Å². The van der Waals surface area contributed by atoms with Gasteiger partial charge in [-0.3, -0.25) is 0 Å². The zero-order valence-electron chi connectivity index (χ0n) is 15.9. The van der Waals surface area contributed by atoms with Crippen LogP contribution in [0.5, 0.6) is 0 Å². The van der Waals surface area contributed by atoms with E-state index in [1.165, 1.54) is 27.0 Å². The van der Waals surface area contributed by atoms with E-state index in [4.69, 9.17) is 17.4 Å². The third kappa shape index (κ3) is 7.53. The van der Waals surface area contributed by atoms with Gasteiger partial charge >= 0.3 is 8.80 Å². The highest BCUT2D eigenvalue weighted by Crippen LogP contribution is 2.19. The molecule has 0 aromatic rings. The maximum Gasteiger partial charge on any atom is 0.528 e. The van der Waals surface area contributed by atoms with E-state index in [-0.39, 0.29) is 0 Å². The molecule has 0 saturated heterocycles. The predicted octanol–water partition coefficient (Wildman–Crippen LogP) is 1.32. The first-order valence-electron chi connectivity index (χ1n) is 7.64. The average molecular weight is 421 g/mol. The highest BCUT2D eigenvalue weighted by Gasteiger charge is 2.38. The van der Waals surface area contributed by atoms with Crippen LogP contribution in [0.2, 0.25) is 26.2 Å². The quantitative estimate of drug-likeness (QED) is 0.347. The van der Waals surface area contributed by atoms with Crippen molar-refractivity contribution in [3.8, 4) is 0 Å². The Morgan fingerprint density at radius 3 is 1.28 bits per heavy atom. The summed E-state index contributed by atoms with van der Waals surface area (Å²) in [5.41, 5.74) is 6.95. The minimum atomic E-state index is -3.29. The van der Waals surface area contributed by atoms with Crippen molar-refractivity contribution in [1.82, 2.24) is 0 Å². The molecule has 0 unspecified atom stereocenters. The maximum atomic E-state index is 11.1. The van der Waals surface area contributed by atoms with Crippen LogP contribution in [-0.2, 0) is 31.8 Å². The monoisotopic (exact) mass is 420 g/mol. The van der Waals surface area contributed by atoms with E-state index in [9.17, 15) is 14.4 Å². The van der Waals surface area contributed by atoms with Gasteiger partial charge in [-0.15, -0.1) is 0 Å². The van der Waals surface area contributed by atoms with Crippen molar-refractivity contribution in [2.45, 2.75) is 26.2 Å². The molecule has 0 spiro atoms. The predicted molar refractivity (Wildman–Crippen MR) is 107 cm³/mol. The Morgan fingerprint density at radius 1 is 0.600 bits per heavy atom. The van der Waals surface area contributed by atoms with Gasteiger partial charge in [0.1, 0.15) is 17.7 Å². The van der Waals surface area contributed by atoms with Gasteiger partial charge in [0.15, 0.2) is 16.6 Å². The molecular formula is C14H28O7Si4. The molecular weight excluding hydrogens is 392 g/mol. The molecule has 11 heteroatoms. The summed E-state index contributed by atoms with van der Waals surface area (Å²) in [6, 6.07) is 0. The lowest BCUT2D eigenvalue weighted by Gasteiger charge is -2.31. The Hall–Kier alpha value is -0.802. The van der Waals surface area contributed by atoms with Crippen LogP contribution < -0.4 is 0 Å². The molecule has 0 aromatic heterocycles. The van der Waals surface area contributed by atoms with E-state index in [0.29, 0.717) is 17.7 Å². The molecule has 0 fully saturated rings. The van der Waals surface area contributed by atoms with Gasteiger partial charge in [0, 0.05) is 21.3 Å². The van der Waals surface area contributed by atoms with Gasteiger partial charge in [0.2, 0.25) is 0 Å². The van der Waals surface area contributed by atoms with Gasteiger partial charge in [-0.2, -0.15) is 0 Å². The number of carbonyl (C=O) groups is 3. The Balaban J connectivity index is 5.35. The van der Waals surface area contributed by atoms with E-state index in [0.717, 1.165) is 0 Å². The molecule has 0 N–H and O–H groups in total. The number of carbonyl (C=O) groups excluding carboxylic acids is 3. The first-order valence-corrected chi connectivity index (χ1v) is 17.7. The molecule has 0 aliphatic carbocycles. The summed E-state index contributed by atoms with van der Waals surface area (Å²) >= 11 is 0. The van der Waals surface area contributed by atoms with Crippen molar-refractivity contribution in [2.24, 2.45) is 0 Å². The summed E-state index contributed by atoms with van der Waals surface area (Å²) in [7, 11) is -6.12. The minimum Gasteiger partial charge on any atom is -0.449 e. The first-order chi connectivity index (χ1) is 11.5. The molecule has 0 amide bonds. The highest BCUT2D eigenvalue weighted by molar-refractivity contribution is 7.35. The normalized spacial score (nSPS) is 14.2.